The van der Waals surface area contributed by atoms with Crippen LogP contribution in [0.25, 0.3) is 0 Å². The molecule has 0 radical (unpaired) electrons. The Morgan fingerprint density at radius 1 is 1.24 bits per heavy atom. The number of ether oxygens (including phenoxy) is 1. The van der Waals surface area contributed by atoms with Gasteiger partial charge in [0.2, 0.25) is 0 Å². The van der Waals surface area contributed by atoms with Crippen LogP contribution in [0.15, 0.2) is 60.0 Å². The van der Waals surface area contributed by atoms with Crippen LogP contribution in [-0.4, -0.2) is 21.9 Å². The second-order valence-electron chi connectivity index (χ2n) is 5.54. The number of benzene rings is 2. The van der Waals surface area contributed by atoms with Gasteiger partial charge in [-0.25, -0.2) is 0 Å². The van der Waals surface area contributed by atoms with Gasteiger partial charge in [0.1, 0.15) is 18.1 Å². The van der Waals surface area contributed by atoms with Gasteiger partial charge >= 0.3 is 0 Å². The molecule has 0 fully saturated rings. The molecule has 0 aliphatic heterocycles. The highest BCUT2D eigenvalue weighted by Crippen LogP contribution is 2.28. The lowest BCUT2D eigenvalue weighted by Gasteiger charge is -2.15. The molecule has 0 amide bonds. The van der Waals surface area contributed by atoms with E-state index in [0.29, 0.717) is 17.1 Å². The van der Waals surface area contributed by atoms with E-state index in [1.165, 1.54) is 5.56 Å². The van der Waals surface area contributed by atoms with E-state index in [1.54, 1.807) is 25.2 Å². The average molecular weight is 350 g/mol. The number of aromatic nitrogens is 3. The average Bonchev–Trinajstić information content (AvgIpc) is 3.14. The quantitative estimate of drug-likeness (QED) is 0.627. The highest BCUT2D eigenvalue weighted by molar-refractivity contribution is 7.98. The maximum atomic E-state index is 9.21. The number of nitrogens with zero attached hydrogens (tertiary/aromatic N) is 4. The van der Waals surface area contributed by atoms with E-state index < -0.39 is 0 Å². The Kier molecular flexibility index (Phi) is 5.36. The first-order valence-electron chi connectivity index (χ1n) is 7.87. The molecule has 0 N–H and O–H groups in total. The Bertz CT molecular complexity index is 886. The Morgan fingerprint density at radius 3 is 2.76 bits per heavy atom. The lowest BCUT2D eigenvalue weighted by molar-refractivity contribution is 0.413. The molecule has 3 aromatic rings. The molecule has 0 aliphatic carbocycles. The van der Waals surface area contributed by atoms with Gasteiger partial charge in [-0.1, -0.05) is 48.2 Å². The van der Waals surface area contributed by atoms with Crippen LogP contribution in [0.4, 0.5) is 0 Å². The molecule has 5 nitrogen and oxygen atoms in total. The third kappa shape index (κ3) is 3.83. The maximum absolute atomic E-state index is 9.21. The Hall–Kier alpha value is -2.78. The van der Waals surface area contributed by atoms with Crippen molar-refractivity contribution >= 4 is 11.8 Å². The van der Waals surface area contributed by atoms with Crippen molar-refractivity contribution in [3.8, 4) is 11.8 Å². The van der Waals surface area contributed by atoms with E-state index in [0.717, 1.165) is 10.7 Å². The Labute approximate surface area is 151 Å². The molecular formula is C19H18N4OS. The molecule has 0 saturated carbocycles. The summed E-state index contributed by atoms with van der Waals surface area (Å²) in [5, 5.41) is 18.4. The smallest absolute Gasteiger partial charge is 0.191 e. The molecule has 126 valence electrons. The second-order valence-corrected chi connectivity index (χ2v) is 6.49. The molecule has 1 aromatic heterocycles. The van der Waals surface area contributed by atoms with E-state index >= 15 is 0 Å². The van der Waals surface area contributed by atoms with Gasteiger partial charge < -0.3 is 9.30 Å². The van der Waals surface area contributed by atoms with Gasteiger partial charge in [0, 0.05) is 5.75 Å². The summed E-state index contributed by atoms with van der Waals surface area (Å²) in [7, 11) is 1.57. The number of thioether (sulfide) groups is 1. The van der Waals surface area contributed by atoms with Crippen LogP contribution in [0.3, 0.4) is 0 Å². The molecular weight excluding hydrogens is 332 g/mol. The van der Waals surface area contributed by atoms with Gasteiger partial charge in [-0.3, -0.25) is 0 Å². The number of hydrogen-bond donors (Lipinski definition) is 0. The normalized spacial score (nSPS) is 11.7. The van der Waals surface area contributed by atoms with Gasteiger partial charge in [-0.2, -0.15) is 5.26 Å². The van der Waals surface area contributed by atoms with Crippen molar-refractivity contribution in [3.05, 3.63) is 71.5 Å². The highest BCUT2D eigenvalue weighted by atomic mass is 32.2. The fourth-order valence-corrected chi connectivity index (χ4v) is 3.51. The summed E-state index contributed by atoms with van der Waals surface area (Å²) in [6.45, 7) is 2.13. The maximum Gasteiger partial charge on any atom is 0.191 e. The zero-order valence-electron chi connectivity index (χ0n) is 14.1. The SMILES string of the molecule is COc1ccc(CSc2nncn2C(C)c2ccccc2)cc1C#N. The van der Waals surface area contributed by atoms with E-state index in [9.17, 15) is 5.26 Å². The molecule has 3 rings (SSSR count). The molecule has 6 heteroatoms. The fraction of sp³-hybridized carbons (Fsp3) is 0.211. The van der Waals surface area contributed by atoms with Gasteiger partial charge in [0.25, 0.3) is 0 Å². The third-order valence-electron chi connectivity index (χ3n) is 3.99. The lowest BCUT2D eigenvalue weighted by atomic mass is 10.1. The van der Waals surface area contributed by atoms with Crippen LogP contribution in [0.1, 0.15) is 29.7 Å². The number of rotatable bonds is 6. The van der Waals surface area contributed by atoms with Crippen molar-refractivity contribution in [1.82, 2.24) is 14.8 Å². The summed E-state index contributed by atoms with van der Waals surface area (Å²) < 4.78 is 7.25. The minimum atomic E-state index is 0.157. The first kappa shape index (κ1) is 17.1. The van der Waals surface area contributed by atoms with E-state index in [4.69, 9.17) is 4.74 Å². The fourth-order valence-electron chi connectivity index (χ4n) is 2.57. The molecule has 1 heterocycles. The molecule has 25 heavy (non-hydrogen) atoms. The van der Waals surface area contributed by atoms with Crippen molar-refractivity contribution in [2.24, 2.45) is 0 Å². The van der Waals surface area contributed by atoms with Crippen LogP contribution < -0.4 is 4.74 Å². The van der Waals surface area contributed by atoms with Crippen LogP contribution >= 0.6 is 11.8 Å². The van der Waals surface area contributed by atoms with Crippen LogP contribution in [0.5, 0.6) is 5.75 Å². The number of nitriles is 1. The first-order chi connectivity index (χ1) is 12.2. The summed E-state index contributed by atoms with van der Waals surface area (Å²) >= 11 is 1.60. The highest BCUT2D eigenvalue weighted by Gasteiger charge is 2.14. The van der Waals surface area contributed by atoms with E-state index in [2.05, 4.69) is 39.9 Å². The van der Waals surface area contributed by atoms with Crippen molar-refractivity contribution in [1.29, 1.82) is 5.26 Å². The predicted molar refractivity (Wildman–Crippen MR) is 97.5 cm³/mol. The third-order valence-corrected chi connectivity index (χ3v) is 5.02. The lowest BCUT2D eigenvalue weighted by Crippen LogP contribution is -2.07. The van der Waals surface area contributed by atoms with Gasteiger partial charge in [0.15, 0.2) is 5.16 Å². The van der Waals surface area contributed by atoms with E-state index in [-0.39, 0.29) is 6.04 Å². The summed E-state index contributed by atoms with van der Waals surface area (Å²) in [4.78, 5) is 0. The van der Waals surface area contributed by atoms with E-state index in [1.807, 2.05) is 36.4 Å². The minimum Gasteiger partial charge on any atom is -0.495 e. The standard InChI is InChI=1S/C19H18N4OS/c1-14(16-6-4-3-5-7-16)23-13-21-22-19(23)25-12-15-8-9-18(24-2)17(10-15)11-20/h3-10,13-14H,12H2,1-2H3. The van der Waals surface area contributed by atoms with Crippen molar-refractivity contribution in [3.63, 3.8) is 0 Å². The Morgan fingerprint density at radius 2 is 2.04 bits per heavy atom. The summed E-state index contributed by atoms with van der Waals surface area (Å²) in [6, 6.07) is 18.2. The summed E-state index contributed by atoms with van der Waals surface area (Å²) in [5.41, 5.74) is 2.80. The first-order valence-corrected chi connectivity index (χ1v) is 8.85. The molecule has 0 spiro atoms. The van der Waals surface area contributed by atoms with Crippen molar-refractivity contribution in [2.75, 3.05) is 7.11 Å². The Balaban J connectivity index is 1.75. The number of methoxy groups -OCH3 is 1. The number of hydrogen-bond acceptors (Lipinski definition) is 5. The second kappa shape index (κ2) is 7.86. The molecule has 1 unspecified atom stereocenters. The monoisotopic (exact) mass is 350 g/mol. The largest absolute Gasteiger partial charge is 0.495 e. The van der Waals surface area contributed by atoms with Crippen LogP contribution in [-0.2, 0) is 5.75 Å². The van der Waals surface area contributed by atoms with Gasteiger partial charge in [0.05, 0.1) is 18.7 Å². The minimum absolute atomic E-state index is 0.157. The molecule has 1 atom stereocenters. The van der Waals surface area contributed by atoms with Crippen LogP contribution in [0, 0.1) is 11.3 Å². The van der Waals surface area contributed by atoms with Crippen molar-refractivity contribution in [2.45, 2.75) is 23.9 Å². The molecule has 0 saturated heterocycles. The van der Waals surface area contributed by atoms with Crippen LogP contribution in [0.2, 0.25) is 0 Å². The molecule has 2 aromatic carbocycles. The zero-order chi connectivity index (χ0) is 17.6. The van der Waals surface area contributed by atoms with Crippen molar-refractivity contribution < 1.29 is 4.74 Å². The van der Waals surface area contributed by atoms with Gasteiger partial charge in [-0.15, -0.1) is 10.2 Å². The van der Waals surface area contributed by atoms with Gasteiger partial charge in [-0.05, 0) is 30.2 Å². The molecule has 0 bridgehead atoms. The summed E-state index contributed by atoms with van der Waals surface area (Å²) in [5.74, 6) is 1.30. The molecule has 0 aliphatic rings. The zero-order valence-corrected chi connectivity index (χ0v) is 14.9. The summed E-state index contributed by atoms with van der Waals surface area (Å²) in [6.07, 6.45) is 1.76. The predicted octanol–water partition coefficient (Wildman–Crippen LogP) is 4.06. The topological polar surface area (TPSA) is 63.7 Å².